The molecule has 2 aromatic heterocycles. The highest BCUT2D eigenvalue weighted by Crippen LogP contribution is 2.26. The molecule has 1 atom stereocenters. The van der Waals surface area contributed by atoms with Crippen LogP contribution in [0.2, 0.25) is 0 Å². The molecule has 1 N–H and O–H groups in total. The average Bonchev–Trinajstić information content (AvgIpc) is 3.42. The minimum atomic E-state index is -0.0208. The molecule has 7 heteroatoms. The third-order valence-electron chi connectivity index (χ3n) is 5.74. The first-order valence-electron chi connectivity index (χ1n) is 11.0. The van der Waals surface area contributed by atoms with Crippen LogP contribution in [0, 0.1) is 0 Å². The number of amides is 1. The Labute approximate surface area is 187 Å². The molecule has 0 fully saturated rings. The van der Waals surface area contributed by atoms with Gasteiger partial charge in [0.2, 0.25) is 5.91 Å². The zero-order valence-corrected chi connectivity index (χ0v) is 19.2. The van der Waals surface area contributed by atoms with Gasteiger partial charge in [0.25, 0.3) is 0 Å². The van der Waals surface area contributed by atoms with Crippen LogP contribution in [0.3, 0.4) is 0 Å². The van der Waals surface area contributed by atoms with Gasteiger partial charge in [-0.25, -0.2) is 0 Å². The van der Waals surface area contributed by atoms with Crippen LogP contribution in [0.4, 0.5) is 0 Å². The van der Waals surface area contributed by atoms with Gasteiger partial charge >= 0.3 is 0 Å². The van der Waals surface area contributed by atoms with E-state index in [4.69, 9.17) is 4.42 Å². The molecule has 0 spiro atoms. The van der Waals surface area contributed by atoms with Crippen LogP contribution in [0.5, 0.6) is 0 Å². The zero-order valence-electron chi connectivity index (χ0n) is 18.4. The Balaban J connectivity index is 1.38. The van der Waals surface area contributed by atoms with Gasteiger partial charge in [0.05, 0.1) is 24.6 Å². The van der Waals surface area contributed by atoms with E-state index in [0.29, 0.717) is 12.3 Å². The fraction of sp³-hybridized carbons (Fsp3) is 0.458. The molecule has 3 aromatic rings. The Morgan fingerprint density at radius 2 is 1.97 bits per heavy atom. The normalized spacial score (nSPS) is 14.5. The van der Waals surface area contributed by atoms with Gasteiger partial charge in [0.15, 0.2) is 5.16 Å². The number of furan rings is 1. The standard InChI is InChI=1S/C24H30N4O2S/c1-16(2)23-26-27-24(28(23)14-21-9-6-12-30-21)31-15-22(29)25-17(3)19-11-10-18-7-4-5-8-20(18)13-19/h6,9-13,16-17H,4-5,7-8,14-15H2,1-3H3,(H,25,29)/t17-/m1/s1. The van der Waals surface area contributed by atoms with Crippen LogP contribution < -0.4 is 5.32 Å². The van der Waals surface area contributed by atoms with Crippen LogP contribution in [0.1, 0.15) is 73.8 Å². The van der Waals surface area contributed by atoms with E-state index in [1.807, 2.05) is 23.6 Å². The Morgan fingerprint density at radius 3 is 2.71 bits per heavy atom. The lowest BCUT2D eigenvalue weighted by atomic mass is 9.89. The molecule has 1 aliphatic carbocycles. The third kappa shape index (κ3) is 5.21. The van der Waals surface area contributed by atoms with E-state index >= 15 is 0 Å². The maximum atomic E-state index is 12.6. The van der Waals surface area contributed by atoms with Gasteiger partial charge in [0.1, 0.15) is 11.6 Å². The highest BCUT2D eigenvalue weighted by molar-refractivity contribution is 7.99. The fourth-order valence-electron chi connectivity index (χ4n) is 4.06. The van der Waals surface area contributed by atoms with Crippen molar-refractivity contribution >= 4 is 17.7 Å². The summed E-state index contributed by atoms with van der Waals surface area (Å²) in [5.41, 5.74) is 4.06. The summed E-state index contributed by atoms with van der Waals surface area (Å²) in [6, 6.07) is 10.4. The summed E-state index contributed by atoms with van der Waals surface area (Å²) in [4.78, 5) is 12.6. The maximum Gasteiger partial charge on any atom is 0.230 e. The smallest absolute Gasteiger partial charge is 0.230 e. The molecule has 31 heavy (non-hydrogen) atoms. The predicted molar refractivity (Wildman–Crippen MR) is 122 cm³/mol. The van der Waals surface area contributed by atoms with Crippen molar-refractivity contribution in [3.8, 4) is 0 Å². The number of hydrogen-bond donors (Lipinski definition) is 1. The van der Waals surface area contributed by atoms with E-state index in [-0.39, 0.29) is 17.9 Å². The summed E-state index contributed by atoms with van der Waals surface area (Å²) >= 11 is 1.41. The first-order valence-corrected chi connectivity index (χ1v) is 12.0. The number of thioether (sulfide) groups is 1. The number of nitrogens with zero attached hydrogens (tertiary/aromatic N) is 3. The molecule has 0 bridgehead atoms. The summed E-state index contributed by atoms with van der Waals surface area (Å²) in [5.74, 6) is 2.25. The lowest BCUT2D eigenvalue weighted by Gasteiger charge is -2.20. The number of rotatable bonds is 8. The van der Waals surface area contributed by atoms with E-state index < -0.39 is 0 Å². The second kappa shape index (κ2) is 9.73. The number of benzene rings is 1. The zero-order chi connectivity index (χ0) is 21.8. The molecular weight excluding hydrogens is 408 g/mol. The SMILES string of the molecule is CC(C)c1nnc(SCC(=O)N[C@H](C)c2ccc3c(c2)CCCC3)n1Cc1ccco1. The number of aryl methyl sites for hydroxylation is 2. The van der Waals surface area contributed by atoms with Crippen molar-refractivity contribution in [3.05, 3.63) is 64.9 Å². The summed E-state index contributed by atoms with van der Waals surface area (Å²) in [6.45, 7) is 6.78. The van der Waals surface area contributed by atoms with Gasteiger partial charge in [-0.2, -0.15) is 0 Å². The van der Waals surface area contributed by atoms with Crippen molar-refractivity contribution in [1.82, 2.24) is 20.1 Å². The number of carbonyl (C=O) groups excluding carboxylic acids is 1. The van der Waals surface area contributed by atoms with Crippen LogP contribution in [-0.2, 0) is 24.2 Å². The van der Waals surface area contributed by atoms with E-state index in [2.05, 4.69) is 47.6 Å². The monoisotopic (exact) mass is 438 g/mol. The van der Waals surface area contributed by atoms with Crippen molar-refractivity contribution in [2.24, 2.45) is 0 Å². The lowest BCUT2D eigenvalue weighted by Crippen LogP contribution is -2.28. The minimum Gasteiger partial charge on any atom is -0.467 e. The molecule has 0 unspecified atom stereocenters. The topological polar surface area (TPSA) is 73.0 Å². The number of nitrogens with one attached hydrogen (secondary N) is 1. The van der Waals surface area contributed by atoms with Crippen molar-refractivity contribution < 1.29 is 9.21 Å². The quantitative estimate of drug-likeness (QED) is 0.507. The molecule has 6 nitrogen and oxygen atoms in total. The molecule has 0 saturated carbocycles. The molecule has 1 aliphatic rings. The van der Waals surface area contributed by atoms with E-state index in [1.165, 1.54) is 47.7 Å². The Hall–Kier alpha value is -2.54. The predicted octanol–water partition coefficient (Wildman–Crippen LogP) is 4.89. The Morgan fingerprint density at radius 1 is 1.16 bits per heavy atom. The second-order valence-electron chi connectivity index (χ2n) is 8.47. The molecule has 4 rings (SSSR count). The lowest BCUT2D eigenvalue weighted by molar-refractivity contribution is -0.119. The van der Waals surface area contributed by atoms with Gasteiger partial charge in [0, 0.05) is 5.92 Å². The van der Waals surface area contributed by atoms with E-state index in [9.17, 15) is 4.79 Å². The largest absolute Gasteiger partial charge is 0.467 e. The first-order chi connectivity index (χ1) is 15.0. The summed E-state index contributed by atoms with van der Waals surface area (Å²) in [6.07, 6.45) is 6.51. The highest BCUT2D eigenvalue weighted by atomic mass is 32.2. The molecule has 1 aromatic carbocycles. The highest BCUT2D eigenvalue weighted by Gasteiger charge is 2.19. The molecule has 0 saturated heterocycles. The number of fused-ring (bicyclic) bond motifs is 1. The molecule has 0 radical (unpaired) electrons. The summed E-state index contributed by atoms with van der Waals surface area (Å²) in [5, 5.41) is 12.5. The van der Waals surface area contributed by atoms with Gasteiger partial charge in [-0.15, -0.1) is 10.2 Å². The van der Waals surface area contributed by atoms with Crippen LogP contribution in [0.25, 0.3) is 0 Å². The van der Waals surface area contributed by atoms with Gasteiger partial charge in [-0.3, -0.25) is 9.36 Å². The summed E-state index contributed by atoms with van der Waals surface area (Å²) < 4.78 is 7.53. The molecule has 0 aliphatic heterocycles. The van der Waals surface area contributed by atoms with Crippen molar-refractivity contribution in [2.45, 2.75) is 70.1 Å². The first kappa shape index (κ1) is 21.7. The Kier molecular flexibility index (Phi) is 6.80. The van der Waals surface area contributed by atoms with Gasteiger partial charge in [-0.05, 0) is 61.4 Å². The Bertz CT molecular complexity index is 1030. The van der Waals surface area contributed by atoms with Crippen molar-refractivity contribution in [1.29, 1.82) is 0 Å². The molecule has 1 amide bonds. The minimum absolute atomic E-state index is 0.00568. The van der Waals surface area contributed by atoms with Crippen molar-refractivity contribution in [3.63, 3.8) is 0 Å². The summed E-state index contributed by atoms with van der Waals surface area (Å²) in [7, 11) is 0. The van der Waals surface area contributed by atoms with Crippen LogP contribution in [-0.4, -0.2) is 26.4 Å². The number of carbonyl (C=O) groups is 1. The third-order valence-corrected chi connectivity index (χ3v) is 6.71. The van der Waals surface area contributed by atoms with Crippen LogP contribution in [0.15, 0.2) is 46.2 Å². The van der Waals surface area contributed by atoms with E-state index in [1.54, 1.807) is 6.26 Å². The van der Waals surface area contributed by atoms with E-state index in [0.717, 1.165) is 23.2 Å². The molecular formula is C24H30N4O2S. The maximum absolute atomic E-state index is 12.6. The second-order valence-corrected chi connectivity index (χ2v) is 9.42. The number of hydrogen-bond acceptors (Lipinski definition) is 5. The average molecular weight is 439 g/mol. The van der Waals surface area contributed by atoms with Gasteiger partial charge in [-0.1, -0.05) is 43.8 Å². The van der Waals surface area contributed by atoms with Gasteiger partial charge < -0.3 is 9.73 Å². The molecule has 2 heterocycles. The fourth-order valence-corrected chi connectivity index (χ4v) is 4.82. The molecule has 164 valence electrons. The van der Waals surface area contributed by atoms with Crippen LogP contribution >= 0.6 is 11.8 Å². The number of aromatic nitrogens is 3. The van der Waals surface area contributed by atoms with Crippen molar-refractivity contribution in [2.75, 3.05) is 5.75 Å².